The molecule has 0 spiro atoms. The third kappa shape index (κ3) is 6.51. The van der Waals surface area contributed by atoms with Crippen LogP contribution >= 0.6 is 0 Å². The molecule has 0 unspecified atom stereocenters. The van der Waals surface area contributed by atoms with E-state index in [0.29, 0.717) is 11.5 Å². The minimum absolute atomic E-state index is 0.135. The first-order chi connectivity index (χ1) is 16.7. The van der Waals surface area contributed by atoms with Gasteiger partial charge in [0.1, 0.15) is 11.5 Å². The lowest BCUT2D eigenvalue weighted by Gasteiger charge is -2.29. The number of phenols is 2. The van der Waals surface area contributed by atoms with Crippen molar-refractivity contribution in [2.24, 2.45) is 0 Å². The zero-order valence-corrected chi connectivity index (χ0v) is 25.5. The van der Waals surface area contributed by atoms with E-state index in [-0.39, 0.29) is 21.7 Å². The Morgan fingerprint density at radius 2 is 0.865 bits per heavy atom. The van der Waals surface area contributed by atoms with E-state index in [0.717, 1.165) is 41.5 Å². The molecule has 0 saturated carbocycles. The highest BCUT2D eigenvalue weighted by atomic mass is 16.3. The van der Waals surface area contributed by atoms with Crippen LogP contribution in [-0.4, -0.2) is 10.2 Å². The van der Waals surface area contributed by atoms with Crippen LogP contribution in [0.25, 0.3) is 0 Å². The van der Waals surface area contributed by atoms with E-state index in [1.54, 1.807) is 0 Å². The quantitative estimate of drug-likeness (QED) is 0.437. The van der Waals surface area contributed by atoms with Crippen molar-refractivity contribution in [3.63, 3.8) is 0 Å². The normalized spacial score (nSPS) is 15.1. The molecular weight excluding hydrogens is 452 g/mol. The standard InChI is InChI=1S/C35H50O2/c1-32(2,3)26-18-22(19-27(30(26)36)33(4,5)6)16-24-14-13-15-25(24)17-23-20-28(34(7,8)9)31(37)29(21-23)35(10,11)12/h13-14,18-21,36-37H,15-17H2,1-12H3. The van der Waals surface area contributed by atoms with Crippen molar-refractivity contribution < 1.29 is 10.2 Å². The third-order valence-corrected chi connectivity index (χ3v) is 7.52. The van der Waals surface area contributed by atoms with Crippen LogP contribution in [0.1, 0.15) is 123 Å². The summed E-state index contributed by atoms with van der Waals surface area (Å²) in [4.78, 5) is 0. The van der Waals surface area contributed by atoms with Crippen LogP contribution in [0.4, 0.5) is 0 Å². The van der Waals surface area contributed by atoms with Crippen LogP contribution < -0.4 is 0 Å². The van der Waals surface area contributed by atoms with Gasteiger partial charge in [-0.2, -0.15) is 0 Å². The fourth-order valence-electron chi connectivity index (χ4n) is 5.31. The molecule has 202 valence electrons. The van der Waals surface area contributed by atoms with Gasteiger partial charge in [-0.05, 0) is 79.9 Å². The average Bonchev–Trinajstić information content (AvgIpc) is 3.13. The fraction of sp³-hybridized carbons (Fsp3) is 0.543. The SMILES string of the molecule is CC(C)(C)c1cc(CC2=C(Cc3cc(C(C)(C)C)c(O)c(C(C)(C)C)c3)CC=C2)cc(C(C)(C)C)c1O. The lowest BCUT2D eigenvalue weighted by molar-refractivity contribution is 0.422. The summed E-state index contributed by atoms with van der Waals surface area (Å²) in [7, 11) is 0. The number of rotatable bonds is 4. The van der Waals surface area contributed by atoms with Gasteiger partial charge >= 0.3 is 0 Å². The maximum atomic E-state index is 11.2. The molecule has 0 atom stereocenters. The number of aromatic hydroxyl groups is 2. The van der Waals surface area contributed by atoms with Gasteiger partial charge in [-0.1, -0.05) is 125 Å². The van der Waals surface area contributed by atoms with Crippen LogP contribution in [-0.2, 0) is 34.5 Å². The topological polar surface area (TPSA) is 40.5 Å². The van der Waals surface area contributed by atoms with Gasteiger partial charge in [0.05, 0.1) is 0 Å². The zero-order chi connectivity index (χ0) is 28.1. The smallest absolute Gasteiger partial charge is 0.123 e. The second kappa shape index (κ2) is 9.68. The molecule has 2 aromatic carbocycles. The second-order valence-corrected chi connectivity index (χ2v) is 15.2. The summed E-state index contributed by atoms with van der Waals surface area (Å²) < 4.78 is 0. The fourth-order valence-corrected chi connectivity index (χ4v) is 5.31. The van der Waals surface area contributed by atoms with Crippen molar-refractivity contribution in [2.75, 3.05) is 0 Å². The molecule has 2 heteroatoms. The predicted octanol–water partition coefficient (Wildman–Crippen LogP) is 9.33. The summed E-state index contributed by atoms with van der Waals surface area (Å²) in [5.41, 5.74) is 8.85. The monoisotopic (exact) mass is 502 g/mol. The van der Waals surface area contributed by atoms with Gasteiger partial charge in [0, 0.05) is 0 Å². The molecule has 0 bridgehead atoms. The average molecular weight is 503 g/mol. The Balaban J connectivity index is 2.07. The zero-order valence-electron chi connectivity index (χ0n) is 25.5. The molecule has 0 heterocycles. The molecule has 1 aliphatic carbocycles. The van der Waals surface area contributed by atoms with E-state index in [1.165, 1.54) is 22.3 Å². The number of phenolic OH excluding ortho intramolecular Hbond substituents is 2. The van der Waals surface area contributed by atoms with E-state index in [2.05, 4.69) is 120 Å². The Bertz CT molecular complexity index is 1160. The largest absolute Gasteiger partial charge is 0.507 e. The highest BCUT2D eigenvalue weighted by Gasteiger charge is 2.28. The molecule has 0 aliphatic heterocycles. The Kier molecular flexibility index (Phi) is 7.61. The Labute approximate surface area is 226 Å². The van der Waals surface area contributed by atoms with Crippen molar-refractivity contribution in [1.29, 1.82) is 0 Å². The van der Waals surface area contributed by atoms with Gasteiger partial charge in [-0.3, -0.25) is 0 Å². The Morgan fingerprint density at radius 1 is 0.541 bits per heavy atom. The maximum absolute atomic E-state index is 11.2. The first kappa shape index (κ1) is 29.1. The van der Waals surface area contributed by atoms with Crippen molar-refractivity contribution in [3.05, 3.63) is 80.9 Å². The van der Waals surface area contributed by atoms with Gasteiger partial charge in [0.25, 0.3) is 0 Å². The first-order valence-corrected chi connectivity index (χ1v) is 13.8. The van der Waals surface area contributed by atoms with E-state index < -0.39 is 0 Å². The van der Waals surface area contributed by atoms with Crippen molar-refractivity contribution in [3.8, 4) is 11.5 Å². The van der Waals surface area contributed by atoms with Crippen LogP contribution in [0, 0.1) is 0 Å². The Morgan fingerprint density at radius 3 is 1.19 bits per heavy atom. The molecule has 0 aromatic heterocycles. The molecule has 2 N–H and O–H groups in total. The molecule has 0 amide bonds. The highest BCUT2D eigenvalue weighted by Crippen LogP contribution is 2.42. The van der Waals surface area contributed by atoms with Gasteiger partial charge in [-0.15, -0.1) is 0 Å². The lowest BCUT2D eigenvalue weighted by Crippen LogP contribution is -2.18. The van der Waals surface area contributed by atoms with E-state index in [4.69, 9.17) is 0 Å². The number of allylic oxidation sites excluding steroid dienone is 4. The maximum Gasteiger partial charge on any atom is 0.123 e. The molecule has 3 rings (SSSR count). The summed E-state index contributed by atoms with van der Waals surface area (Å²) in [5, 5.41) is 22.3. The van der Waals surface area contributed by atoms with E-state index in [9.17, 15) is 10.2 Å². The van der Waals surface area contributed by atoms with Crippen LogP contribution in [0.15, 0.2) is 47.6 Å². The van der Waals surface area contributed by atoms with Gasteiger partial charge in [0.15, 0.2) is 0 Å². The third-order valence-electron chi connectivity index (χ3n) is 7.52. The van der Waals surface area contributed by atoms with Gasteiger partial charge in [0.2, 0.25) is 0 Å². The number of hydrogen-bond donors (Lipinski definition) is 2. The molecule has 0 fully saturated rings. The second-order valence-electron chi connectivity index (χ2n) is 15.2. The van der Waals surface area contributed by atoms with E-state index >= 15 is 0 Å². The van der Waals surface area contributed by atoms with Crippen molar-refractivity contribution in [2.45, 2.75) is 124 Å². The van der Waals surface area contributed by atoms with E-state index in [1.807, 2.05) is 0 Å². The van der Waals surface area contributed by atoms with Crippen molar-refractivity contribution >= 4 is 0 Å². The molecule has 1 aliphatic rings. The molecule has 0 radical (unpaired) electrons. The predicted molar refractivity (Wildman–Crippen MR) is 159 cm³/mol. The number of hydrogen-bond acceptors (Lipinski definition) is 2. The minimum Gasteiger partial charge on any atom is -0.507 e. The first-order valence-electron chi connectivity index (χ1n) is 13.8. The molecule has 37 heavy (non-hydrogen) atoms. The summed E-state index contributed by atoms with van der Waals surface area (Å²) in [5.74, 6) is 0.879. The van der Waals surface area contributed by atoms with Crippen LogP contribution in [0.3, 0.4) is 0 Å². The number of benzene rings is 2. The van der Waals surface area contributed by atoms with Crippen molar-refractivity contribution in [1.82, 2.24) is 0 Å². The highest BCUT2D eigenvalue weighted by molar-refractivity contribution is 5.53. The van der Waals surface area contributed by atoms with Gasteiger partial charge in [-0.25, -0.2) is 0 Å². The summed E-state index contributed by atoms with van der Waals surface area (Å²) >= 11 is 0. The summed E-state index contributed by atoms with van der Waals surface area (Å²) in [6.45, 7) is 26.0. The van der Waals surface area contributed by atoms with Gasteiger partial charge < -0.3 is 10.2 Å². The molecule has 2 aromatic rings. The Hall–Kier alpha value is -2.48. The minimum atomic E-state index is -0.137. The van der Waals surface area contributed by atoms with Crippen LogP contribution in [0.5, 0.6) is 11.5 Å². The molecular formula is C35H50O2. The molecule has 2 nitrogen and oxygen atoms in total. The summed E-state index contributed by atoms with van der Waals surface area (Å²) in [6, 6.07) is 8.83. The summed E-state index contributed by atoms with van der Waals surface area (Å²) in [6.07, 6.45) is 7.25. The van der Waals surface area contributed by atoms with Crippen LogP contribution in [0.2, 0.25) is 0 Å². The lowest BCUT2D eigenvalue weighted by atomic mass is 9.77. The molecule has 0 saturated heterocycles.